The third kappa shape index (κ3) is 3.46. The van der Waals surface area contributed by atoms with Crippen molar-refractivity contribution in [2.24, 2.45) is 23.5 Å². The molecule has 2 rings (SSSR count). The van der Waals surface area contributed by atoms with Crippen molar-refractivity contribution in [3.63, 3.8) is 0 Å². The molecule has 0 aromatic heterocycles. The summed E-state index contributed by atoms with van der Waals surface area (Å²) in [6, 6.07) is 0. The normalized spacial score (nSPS) is 34.1. The summed E-state index contributed by atoms with van der Waals surface area (Å²) in [5.74, 6) is 2.76. The molecule has 2 heteroatoms. The molecule has 1 saturated carbocycles. The van der Waals surface area contributed by atoms with Gasteiger partial charge in [-0.05, 0) is 75.9 Å². The van der Waals surface area contributed by atoms with Crippen molar-refractivity contribution in [2.75, 3.05) is 26.2 Å². The van der Waals surface area contributed by atoms with Gasteiger partial charge in [0.15, 0.2) is 0 Å². The predicted molar refractivity (Wildman–Crippen MR) is 69.3 cm³/mol. The molecule has 0 aromatic carbocycles. The Kier molecular flexibility index (Phi) is 4.66. The fourth-order valence-electron chi connectivity index (χ4n) is 3.26. The summed E-state index contributed by atoms with van der Waals surface area (Å²) in [6.07, 6.45) is 8.44. The first kappa shape index (κ1) is 12.4. The highest BCUT2D eigenvalue weighted by molar-refractivity contribution is 4.77. The summed E-state index contributed by atoms with van der Waals surface area (Å²) in [5.41, 5.74) is 5.74. The van der Waals surface area contributed by atoms with Crippen LogP contribution in [0.4, 0.5) is 0 Å². The van der Waals surface area contributed by atoms with Crippen molar-refractivity contribution < 1.29 is 0 Å². The van der Waals surface area contributed by atoms with Crippen LogP contribution in [0.2, 0.25) is 0 Å². The van der Waals surface area contributed by atoms with E-state index in [1.54, 1.807) is 0 Å². The van der Waals surface area contributed by atoms with Gasteiger partial charge >= 0.3 is 0 Å². The molecule has 1 aliphatic heterocycles. The molecule has 0 aromatic rings. The largest absolute Gasteiger partial charge is 0.330 e. The molecule has 0 bridgehead atoms. The average molecular weight is 224 g/mol. The van der Waals surface area contributed by atoms with Crippen molar-refractivity contribution >= 4 is 0 Å². The monoisotopic (exact) mass is 224 g/mol. The molecule has 94 valence electrons. The van der Waals surface area contributed by atoms with E-state index in [4.69, 9.17) is 5.73 Å². The molecule has 0 unspecified atom stereocenters. The molecule has 2 nitrogen and oxygen atoms in total. The molecule has 2 N–H and O–H groups in total. The van der Waals surface area contributed by atoms with Crippen LogP contribution in [0, 0.1) is 17.8 Å². The highest BCUT2D eigenvalue weighted by atomic mass is 15.1. The van der Waals surface area contributed by atoms with Gasteiger partial charge in [-0.25, -0.2) is 0 Å². The highest BCUT2D eigenvalue weighted by Crippen LogP contribution is 2.29. The van der Waals surface area contributed by atoms with Crippen LogP contribution in [0.15, 0.2) is 0 Å². The van der Waals surface area contributed by atoms with E-state index >= 15 is 0 Å². The molecular formula is C14H28N2. The van der Waals surface area contributed by atoms with E-state index in [2.05, 4.69) is 11.8 Å². The fourth-order valence-corrected chi connectivity index (χ4v) is 3.26. The van der Waals surface area contributed by atoms with Gasteiger partial charge in [-0.3, -0.25) is 0 Å². The summed E-state index contributed by atoms with van der Waals surface area (Å²) in [7, 11) is 0. The van der Waals surface area contributed by atoms with E-state index in [0.29, 0.717) is 0 Å². The lowest BCUT2D eigenvalue weighted by Gasteiger charge is -2.35. The van der Waals surface area contributed by atoms with Gasteiger partial charge in [-0.1, -0.05) is 6.92 Å². The number of nitrogens with zero attached hydrogens (tertiary/aromatic N) is 1. The fraction of sp³-hybridized carbons (Fsp3) is 1.00. The minimum Gasteiger partial charge on any atom is -0.330 e. The molecule has 0 amide bonds. The Morgan fingerprint density at radius 3 is 2.06 bits per heavy atom. The van der Waals surface area contributed by atoms with Crippen molar-refractivity contribution in [1.82, 2.24) is 4.90 Å². The molecule has 1 heterocycles. The second-order valence-electron chi connectivity index (χ2n) is 6.11. The molecule has 0 spiro atoms. The lowest BCUT2D eigenvalue weighted by Crippen LogP contribution is -2.37. The number of hydrogen-bond acceptors (Lipinski definition) is 2. The maximum atomic E-state index is 5.74. The van der Waals surface area contributed by atoms with E-state index < -0.39 is 0 Å². The zero-order chi connectivity index (χ0) is 11.4. The minimum atomic E-state index is 0.831. The number of rotatable bonds is 3. The summed E-state index contributed by atoms with van der Waals surface area (Å²) in [6.45, 7) is 7.36. The van der Waals surface area contributed by atoms with Crippen molar-refractivity contribution in [1.29, 1.82) is 0 Å². The number of nitrogens with two attached hydrogens (primary N) is 1. The van der Waals surface area contributed by atoms with Crippen molar-refractivity contribution in [2.45, 2.75) is 45.4 Å². The van der Waals surface area contributed by atoms with Crippen LogP contribution in [0.25, 0.3) is 0 Å². The van der Waals surface area contributed by atoms with Crippen molar-refractivity contribution in [3.05, 3.63) is 0 Å². The van der Waals surface area contributed by atoms with Gasteiger partial charge in [0.1, 0.15) is 0 Å². The Balaban J connectivity index is 1.66. The molecule has 1 saturated heterocycles. The zero-order valence-electron chi connectivity index (χ0n) is 10.8. The standard InChI is InChI=1S/C14H28N2/c1-12-6-8-16(9-7-12)11-14-4-2-13(10-15)3-5-14/h12-14H,2-11,15H2,1H3. The highest BCUT2D eigenvalue weighted by Gasteiger charge is 2.23. The Labute approximate surface area is 101 Å². The van der Waals surface area contributed by atoms with Gasteiger partial charge < -0.3 is 10.6 Å². The van der Waals surface area contributed by atoms with E-state index in [9.17, 15) is 0 Å². The first-order valence-corrected chi connectivity index (χ1v) is 7.20. The molecule has 0 atom stereocenters. The Bertz CT molecular complexity index is 189. The lowest BCUT2D eigenvalue weighted by atomic mass is 9.81. The van der Waals surface area contributed by atoms with Crippen LogP contribution in [-0.4, -0.2) is 31.1 Å². The first-order chi connectivity index (χ1) is 7.78. The average Bonchev–Trinajstić information content (AvgIpc) is 2.33. The maximum absolute atomic E-state index is 5.74. The Hall–Kier alpha value is -0.0800. The van der Waals surface area contributed by atoms with Gasteiger partial charge in [0.2, 0.25) is 0 Å². The van der Waals surface area contributed by atoms with Crippen LogP contribution in [0.5, 0.6) is 0 Å². The van der Waals surface area contributed by atoms with Crippen LogP contribution in [-0.2, 0) is 0 Å². The van der Waals surface area contributed by atoms with Gasteiger partial charge in [0, 0.05) is 6.54 Å². The third-order valence-corrected chi connectivity index (χ3v) is 4.69. The predicted octanol–water partition coefficient (Wildman–Crippen LogP) is 2.48. The van der Waals surface area contributed by atoms with Crippen molar-refractivity contribution in [3.8, 4) is 0 Å². The van der Waals surface area contributed by atoms with E-state index in [1.165, 1.54) is 58.2 Å². The summed E-state index contributed by atoms with van der Waals surface area (Å²) >= 11 is 0. The molecule has 1 aliphatic carbocycles. The molecule has 16 heavy (non-hydrogen) atoms. The number of piperidine rings is 1. The maximum Gasteiger partial charge on any atom is 0.000966 e. The SMILES string of the molecule is CC1CCN(CC2CCC(CN)CC2)CC1. The Morgan fingerprint density at radius 1 is 0.938 bits per heavy atom. The lowest BCUT2D eigenvalue weighted by molar-refractivity contribution is 0.141. The van der Waals surface area contributed by atoms with Crippen LogP contribution in [0.1, 0.15) is 45.4 Å². The molecule has 0 radical (unpaired) electrons. The topological polar surface area (TPSA) is 29.3 Å². The quantitative estimate of drug-likeness (QED) is 0.798. The number of likely N-dealkylation sites (tertiary alicyclic amines) is 1. The van der Waals surface area contributed by atoms with E-state index in [-0.39, 0.29) is 0 Å². The smallest absolute Gasteiger partial charge is 0.000966 e. The summed E-state index contributed by atoms with van der Waals surface area (Å²) in [4.78, 5) is 2.70. The van der Waals surface area contributed by atoms with Crippen LogP contribution < -0.4 is 5.73 Å². The molecule has 2 fully saturated rings. The number of hydrogen-bond donors (Lipinski definition) is 1. The summed E-state index contributed by atoms with van der Waals surface area (Å²) < 4.78 is 0. The minimum absolute atomic E-state index is 0.831. The molecular weight excluding hydrogens is 196 g/mol. The second kappa shape index (κ2) is 6.02. The van der Waals surface area contributed by atoms with Gasteiger partial charge in [0.05, 0.1) is 0 Å². The van der Waals surface area contributed by atoms with Gasteiger partial charge in [0.25, 0.3) is 0 Å². The Morgan fingerprint density at radius 2 is 1.50 bits per heavy atom. The van der Waals surface area contributed by atoms with Gasteiger partial charge in [-0.2, -0.15) is 0 Å². The second-order valence-corrected chi connectivity index (χ2v) is 6.11. The summed E-state index contributed by atoms with van der Waals surface area (Å²) in [5, 5.41) is 0. The van der Waals surface area contributed by atoms with E-state index in [1.807, 2.05) is 0 Å². The molecule has 2 aliphatic rings. The third-order valence-electron chi connectivity index (χ3n) is 4.69. The first-order valence-electron chi connectivity index (χ1n) is 7.20. The van der Waals surface area contributed by atoms with Gasteiger partial charge in [-0.15, -0.1) is 0 Å². The van der Waals surface area contributed by atoms with Crippen LogP contribution >= 0.6 is 0 Å². The van der Waals surface area contributed by atoms with E-state index in [0.717, 1.165) is 24.3 Å². The van der Waals surface area contributed by atoms with Crippen LogP contribution in [0.3, 0.4) is 0 Å². The zero-order valence-corrected chi connectivity index (χ0v) is 10.8.